The Kier molecular flexibility index (Phi) is 6.06. The number of carbonyl (C=O) groups excluding carboxylic acids is 2. The summed E-state index contributed by atoms with van der Waals surface area (Å²) in [5.74, 6) is -0.738. The Morgan fingerprint density at radius 3 is 2.60 bits per heavy atom. The Morgan fingerprint density at radius 1 is 1.27 bits per heavy atom. The lowest BCUT2D eigenvalue weighted by Gasteiger charge is -2.34. The van der Waals surface area contributed by atoms with Crippen molar-refractivity contribution in [3.63, 3.8) is 0 Å². The van der Waals surface area contributed by atoms with Gasteiger partial charge in [0.25, 0.3) is 5.91 Å². The number of ether oxygens (including phenoxy) is 1. The number of benzene rings is 1. The largest absolute Gasteiger partial charge is 0.452 e. The Bertz CT molecular complexity index is 986. The summed E-state index contributed by atoms with van der Waals surface area (Å²) in [4.78, 5) is 24.3. The number of nitrogens with one attached hydrogen (secondary N) is 2. The SMILES string of the molecule is CCNS(=O)(=O)c1cccc(C(=O)OCC(=O)NN=C2CC3CCC2(C)C3(C)C)c1. The van der Waals surface area contributed by atoms with Crippen molar-refractivity contribution in [1.82, 2.24) is 10.1 Å². The normalized spacial score (nSPS) is 26.0. The molecule has 2 bridgehead atoms. The van der Waals surface area contributed by atoms with Crippen molar-refractivity contribution in [3.8, 4) is 0 Å². The van der Waals surface area contributed by atoms with Gasteiger partial charge < -0.3 is 4.74 Å². The predicted octanol–water partition coefficient (Wildman–Crippen LogP) is 2.46. The fourth-order valence-corrected chi connectivity index (χ4v) is 5.62. The molecule has 2 aliphatic carbocycles. The fourth-order valence-electron chi connectivity index (χ4n) is 4.54. The third-order valence-corrected chi connectivity index (χ3v) is 8.42. The molecule has 2 saturated carbocycles. The molecule has 2 fully saturated rings. The molecule has 8 nitrogen and oxygen atoms in total. The second-order valence-electron chi connectivity index (χ2n) is 8.69. The van der Waals surface area contributed by atoms with Gasteiger partial charge in [-0.1, -0.05) is 33.8 Å². The van der Waals surface area contributed by atoms with Gasteiger partial charge in [0.1, 0.15) is 0 Å². The summed E-state index contributed by atoms with van der Waals surface area (Å²) in [6, 6.07) is 5.49. The molecule has 0 radical (unpaired) electrons. The van der Waals surface area contributed by atoms with E-state index >= 15 is 0 Å². The smallest absolute Gasteiger partial charge is 0.338 e. The highest BCUT2D eigenvalue weighted by Gasteiger charge is 2.60. The van der Waals surface area contributed by atoms with E-state index in [0.717, 1.165) is 18.6 Å². The molecule has 2 unspecified atom stereocenters. The van der Waals surface area contributed by atoms with Crippen LogP contribution in [-0.2, 0) is 19.6 Å². The molecule has 1 aromatic rings. The van der Waals surface area contributed by atoms with E-state index in [1.165, 1.54) is 30.7 Å². The molecule has 0 heterocycles. The molecule has 164 valence electrons. The van der Waals surface area contributed by atoms with Gasteiger partial charge in [-0.2, -0.15) is 5.10 Å². The highest BCUT2D eigenvalue weighted by molar-refractivity contribution is 7.89. The molecule has 9 heteroatoms. The van der Waals surface area contributed by atoms with Crippen LogP contribution in [-0.4, -0.2) is 39.2 Å². The third-order valence-electron chi connectivity index (χ3n) is 6.88. The molecule has 0 aromatic heterocycles. The summed E-state index contributed by atoms with van der Waals surface area (Å²) in [5, 5.41) is 4.33. The van der Waals surface area contributed by atoms with Crippen molar-refractivity contribution in [3.05, 3.63) is 29.8 Å². The Labute approximate surface area is 177 Å². The first kappa shape index (κ1) is 22.4. The second kappa shape index (κ2) is 8.11. The van der Waals surface area contributed by atoms with Crippen LogP contribution in [0.1, 0.15) is 57.3 Å². The van der Waals surface area contributed by atoms with Gasteiger partial charge in [-0.15, -0.1) is 0 Å². The van der Waals surface area contributed by atoms with Crippen LogP contribution in [0.25, 0.3) is 0 Å². The highest BCUT2D eigenvalue weighted by Crippen LogP contribution is 2.63. The van der Waals surface area contributed by atoms with Gasteiger partial charge in [-0.25, -0.2) is 23.4 Å². The number of nitrogens with zero attached hydrogens (tertiary/aromatic N) is 1. The fraction of sp³-hybridized carbons (Fsp3) is 0.571. The second-order valence-corrected chi connectivity index (χ2v) is 10.5. The maximum Gasteiger partial charge on any atom is 0.338 e. The van der Waals surface area contributed by atoms with Crippen LogP contribution in [0.15, 0.2) is 34.3 Å². The monoisotopic (exact) mass is 435 g/mol. The molecule has 2 N–H and O–H groups in total. The van der Waals surface area contributed by atoms with E-state index in [1.807, 2.05) is 0 Å². The van der Waals surface area contributed by atoms with Crippen molar-refractivity contribution < 1.29 is 22.7 Å². The van der Waals surface area contributed by atoms with E-state index in [2.05, 4.69) is 36.0 Å². The predicted molar refractivity (Wildman–Crippen MR) is 112 cm³/mol. The van der Waals surface area contributed by atoms with E-state index in [1.54, 1.807) is 6.92 Å². The number of hydrogen-bond donors (Lipinski definition) is 2. The first-order valence-corrected chi connectivity index (χ1v) is 11.6. The van der Waals surface area contributed by atoms with Gasteiger partial charge >= 0.3 is 5.97 Å². The lowest BCUT2D eigenvalue weighted by Crippen LogP contribution is -2.34. The van der Waals surface area contributed by atoms with E-state index in [-0.39, 0.29) is 27.8 Å². The van der Waals surface area contributed by atoms with E-state index in [4.69, 9.17) is 4.74 Å². The summed E-state index contributed by atoms with van der Waals surface area (Å²) in [7, 11) is -3.69. The number of rotatable bonds is 7. The van der Waals surface area contributed by atoms with Crippen molar-refractivity contribution >= 4 is 27.6 Å². The summed E-state index contributed by atoms with van der Waals surface area (Å²) < 4.78 is 31.5. The van der Waals surface area contributed by atoms with E-state index < -0.39 is 28.5 Å². The first-order valence-electron chi connectivity index (χ1n) is 10.1. The van der Waals surface area contributed by atoms with Crippen LogP contribution in [0.2, 0.25) is 0 Å². The minimum absolute atomic E-state index is 0.0277. The average molecular weight is 436 g/mol. The lowest BCUT2D eigenvalue weighted by molar-refractivity contribution is -0.124. The third kappa shape index (κ3) is 4.00. The maximum atomic E-state index is 12.2. The standard InChI is InChI=1S/C21H29N3O5S/c1-5-22-30(27,28)16-8-6-7-14(11-16)19(26)29-13-18(25)24-23-17-12-15-9-10-21(17,4)20(15,2)3/h6-8,11,15,22H,5,9-10,12-13H2,1-4H3,(H,24,25). The Hall–Kier alpha value is -2.26. The summed E-state index contributed by atoms with van der Waals surface area (Å²) in [6.45, 7) is 8.09. The molecule has 2 atom stereocenters. The van der Waals surface area contributed by atoms with Crippen LogP contribution in [0.3, 0.4) is 0 Å². The zero-order valence-corrected chi connectivity index (χ0v) is 18.6. The highest BCUT2D eigenvalue weighted by atomic mass is 32.2. The van der Waals surface area contributed by atoms with Crippen LogP contribution in [0.5, 0.6) is 0 Å². The first-order chi connectivity index (χ1) is 14.0. The van der Waals surface area contributed by atoms with Crippen LogP contribution >= 0.6 is 0 Å². The summed E-state index contributed by atoms with van der Waals surface area (Å²) in [5.41, 5.74) is 3.67. The van der Waals surface area contributed by atoms with Gasteiger partial charge in [0.15, 0.2) is 6.61 Å². The lowest BCUT2D eigenvalue weighted by atomic mass is 9.70. The summed E-state index contributed by atoms with van der Waals surface area (Å²) in [6.07, 6.45) is 3.10. The number of hydrogen-bond acceptors (Lipinski definition) is 6. The summed E-state index contributed by atoms with van der Waals surface area (Å²) >= 11 is 0. The number of sulfonamides is 1. The van der Waals surface area contributed by atoms with E-state index in [0.29, 0.717) is 5.92 Å². The van der Waals surface area contributed by atoms with Gasteiger partial charge in [0.2, 0.25) is 10.0 Å². The number of esters is 1. The number of fused-ring (bicyclic) bond motifs is 2. The zero-order valence-electron chi connectivity index (χ0n) is 17.8. The molecule has 0 aliphatic heterocycles. The van der Waals surface area contributed by atoms with Gasteiger partial charge in [-0.05, 0) is 48.8 Å². The molecule has 0 saturated heterocycles. The average Bonchev–Trinajstić information content (AvgIpc) is 3.04. The molecule has 0 spiro atoms. The Morgan fingerprint density at radius 2 is 2.00 bits per heavy atom. The minimum atomic E-state index is -3.69. The van der Waals surface area contributed by atoms with Gasteiger partial charge in [0, 0.05) is 17.7 Å². The van der Waals surface area contributed by atoms with Crippen molar-refractivity contribution in [1.29, 1.82) is 0 Å². The molecule has 1 aromatic carbocycles. The molecular formula is C21H29N3O5S. The van der Waals surface area contributed by atoms with E-state index in [9.17, 15) is 18.0 Å². The quantitative estimate of drug-likeness (QED) is 0.504. The maximum absolute atomic E-state index is 12.2. The van der Waals surface area contributed by atoms with Gasteiger partial charge in [-0.3, -0.25) is 4.79 Å². The van der Waals surface area contributed by atoms with Crippen molar-refractivity contribution in [2.24, 2.45) is 21.8 Å². The van der Waals surface area contributed by atoms with Crippen LogP contribution in [0.4, 0.5) is 0 Å². The molecule has 3 rings (SSSR count). The van der Waals surface area contributed by atoms with Crippen molar-refractivity contribution in [2.75, 3.05) is 13.2 Å². The number of carbonyl (C=O) groups is 2. The minimum Gasteiger partial charge on any atom is -0.452 e. The molecular weight excluding hydrogens is 406 g/mol. The van der Waals surface area contributed by atoms with Gasteiger partial charge in [0.05, 0.1) is 10.5 Å². The molecule has 1 amide bonds. The zero-order chi connectivity index (χ0) is 22.2. The number of amides is 1. The van der Waals surface area contributed by atoms with Crippen molar-refractivity contribution in [2.45, 2.75) is 51.9 Å². The van der Waals surface area contributed by atoms with Crippen LogP contribution < -0.4 is 10.1 Å². The van der Waals surface area contributed by atoms with Crippen LogP contribution in [0, 0.1) is 16.7 Å². The molecule has 2 aliphatic rings. The topological polar surface area (TPSA) is 114 Å². The Balaban J connectivity index is 1.58. The molecule has 30 heavy (non-hydrogen) atoms. The number of hydrazone groups is 1.